The van der Waals surface area contributed by atoms with Gasteiger partial charge in [0.15, 0.2) is 0 Å². The highest BCUT2D eigenvalue weighted by atomic mass is 16.6. The molecule has 0 saturated heterocycles. The van der Waals surface area contributed by atoms with Gasteiger partial charge in [-0.25, -0.2) is 4.79 Å². The Labute approximate surface area is 448 Å². The smallest absolute Gasteiger partial charge is 0.334 e. The second kappa shape index (κ2) is 22.4. The summed E-state index contributed by atoms with van der Waals surface area (Å²) in [6, 6.07) is 15.5. The van der Waals surface area contributed by atoms with E-state index in [1.165, 1.54) is 0 Å². The highest BCUT2D eigenvalue weighted by molar-refractivity contribution is 5.89. The lowest BCUT2D eigenvalue weighted by Crippen LogP contribution is -2.65. The van der Waals surface area contributed by atoms with Crippen LogP contribution in [0.3, 0.4) is 0 Å². The second-order valence-corrected chi connectivity index (χ2v) is 24.6. The molecular weight excluding hydrogens is 959 g/mol. The first-order chi connectivity index (χ1) is 36.7. The summed E-state index contributed by atoms with van der Waals surface area (Å²) in [5.74, 6) is 3.82. The molecule has 3 heterocycles. The van der Waals surface area contributed by atoms with Crippen LogP contribution in [0.2, 0.25) is 0 Å². The van der Waals surface area contributed by atoms with E-state index in [1.807, 2.05) is 42.5 Å². The molecule has 12 nitrogen and oxygen atoms in total. The summed E-state index contributed by atoms with van der Waals surface area (Å²) in [4.78, 5) is 43.9. The monoisotopic (exact) mass is 1040 g/mol. The van der Waals surface area contributed by atoms with Crippen molar-refractivity contribution in [3.8, 4) is 23.3 Å². The number of benzene rings is 3. The van der Waals surface area contributed by atoms with Gasteiger partial charge in [0.25, 0.3) is 0 Å². The Balaban J connectivity index is 1.07. The quantitative estimate of drug-likeness (QED) is 0.0641. The van der Waals surface area contributed by atoms with Crippen LogP contribution in [0.1, 0.15) is 186 Å². The van der Waals surface area contributed by atoms with E-state index in [0.29, 0.717) is 71.5 Å². The number of aliphatic hydroxyl groups excluding tert-OH is 2. The van der Waals surface area contributed by atoms with Crippen LogP contribution in [-0.4, -0.2) is 85.9 Å². The first-order valence-corrected chi connectivity index (χ1v) is 29.1. The van der Waals surface area contributed by atoms with Gasteiger partial charge in [-0.2, -0.15) is 0 Å². The molecule has 11 atom stereocenters. The maximum Gasteiger partial charge on any atom is 0.334 e. The van der Waals surface area contributed by atoms with Gasteiger partial charge in [-0.15, -0.1) is 0 Å². The maximum atomic E-state index is 15.7. The zero-order valence-electron chi connectivity index (χ0n) is 44.4. The van der Waals surface area contributed by atoms with Gasteiger partial charge < -0.3 is 45.1 Å². The maximum absolute atomic E-state index is 15.7. The number of aliphatic hydroxyl groups is 4. The molecule has 0 unspecified atom stereocenters. The number of ketones is 1. The van der Waals surface area contributed by atoms with E-state index >= 15 is 4.79 Å². The van der Waals surface area contributed by atoms with Crippen molar-refractivity contribution in [2.24, 2.45) is 29.6 Å². The minimum Gasteiger partial charge on any atom is -0.507 e. The van der Waals surface area contributed by atoms with Crippen LogP contribution in [0, 0.1) is 41.4 Å². The molecule has 5 saturated carbocycles. The first kappa shape index (κ1) is 53.0. The minimum atomic E-state index is -1.59. The first-order valence-electron chi connectivity index (χ1n) is 29.1. The van der Waals surface area contributed by atoms with Crippen LogP contribution in [-0.2, 0) is 49.7 Å². The van der Waals surface area contributed by atoms with Crippen LogP contribution in [0.15, 0.2) is 60.2 Å². The molecule has 5 aliphatic carbocycles. The Morgan fingerprint density at radius 3 is 2.38 bits per heavy atom. The lowest BCUT2D eigenvalue weighted by atomic mass is 9.48. The predicted molar refractivity (Wildman–Crippen MR) is 288 cm³/mol. The highest BCUT2D eigenvalue weighted by Crippen LogP contribution is 2.59. The van der Waals surface area contributed by atoms with Gasteiger partial charge in [-0.1, -0.05) is 93.5 Å². The molecule has 5 fully saturated rings. The number of aromatic hydroxyl groups is 1. The Morgan fingerprint density at radius 2 is 1.58 bits per heavy atom. The Kier molecular flexibility index (Phi) is 15.6. The normalized spacial score (nSPS) is 32.5. The number of carbonyl (C=O) groups is 3. The molecular formula is C64H79NO11. The van der Waals surface area contributed by atoms with Gasteiger partial charge >= 0.3 is 11.9 Å². The van der Waals surface area contributed by atoms with Crippen molar-refractivity contribution in [1.82, 2.24) is 0 Å². The largest absolute Gasteiger partial charge is 0.507 e. The standard InChI is InChI=1S/C64H79NO11/c1-63(72,22-23-74-50-15-6-7-16-50)37-65-48-26-40(36-66)25-45(30-48)42-18-19-43-35-58(69)76-61-51(43)33-46(60(70)59(61)41-12-3-2-4-13-41)34-57-64(73)54-17-8-5-14-44(54)32-52-53(56(68)21-20-55(52)64)28-39-11-9-10-38(24-39)27-49(67)31-47(29-42)62(71)75-57/h9-11,24-26,30-31,33,41-44,49-50,52-55,57,65-67,70,72-73H,2-8,12-17,20-23,27-29,32,34-37H2,1H3/b47-31-/t42-,43+,44-,49+,52+,53-,54+,55+,57+,63+,64-/m0/s1. The molecule has 6 N–H and O–H groups in total. The van der Waals surface area contributed by atoms with Crippen LogP contribution in [0.4, 0.5) is 5.69 Å². The van der Waals surface area contributed by atoms with Gasteiger partial charge in [0.05, 0.1) is 36.8 Å². The summed E-state index contributed by atoms with van der Waals surface area (Å²) < 4.78 is 19.3. The Bertz CT molecular complexity index is 2760. The summed E-state index contributed by atoms with van der Waals surface area (Å²) in [5, 5.41) is 64.9. The number of ether oxygens (including phenoxy) is 3. The van der Waals surface area contributed by atoms with Crippen molar-refractivity contribution in [3.63, 3.8) is 0 Å². The van der Waals surface area contributed by atoms with Gasteiger partial charge in [0, 0.05) is 73.1 Å². The third-order valence-electron chi connectivity index (χ3n) is 19.3. The predicted octanol–water partition coefficient (Wildman–Crippen LogP) is 9.72. The molecule has 76 heavy (non-hydrogen) atoms. The fraction of sp³-hybridized carbons (Fsp3) is 0.609. The third kappa shape index (κ3) is 11.0. The average molecular weight is 1040 g/mol. The van der Waals surface area contributed by atoms with Crippen molar-refractivity contribution < 1.29 is 54.1 Å². The SMILES string of the molecule is C[C@@](O)(CCOC1CCCC1)CNc1cc(CO)cc([C@H]2C#C[C@@H]3CC(=O)Oc4c3cc(c(O)c4C3CCCCC3)C[C@H]3OC(=O)/C(=C\[C@H](O)Cc4cccc(c4)C[C@@H]4C(=O)CC[C@@H]5[C@@H]4C[C@@H]4CCCC[C@H]4[C@]53O)C2)c1. The van der Waals surface area contributed by atoms with E-state index in [0.717, 1.165) is 101 Å². The molecule has 3 aliphatic heterocycles. The molecule has 406 valence electrons. The van der Waals surface area contributed by atoms with Crippen LogP contribution < -0.4 is 10.1 Å². The minimum absolute atomic E-state index is 0.00812. The van der Waals surface area contributed by atoms with Crippen molar-refractivity contribution in [2.45, 2.75) is 202 Å². The molecule has 12 heteroatoms. The van der Waals surface area contributed by atoms with E-state index < -0.39 is 47.2 Å². The fourth-order valence-electron chi connectivity index (χ4n) is 15.5. The number of phenolic OH excluding ortho intramolecular Hbond substituents is 1. The number of hydrogen-bond acceptors (Lipinski definition) is 12. The lowest BCUT2D eigenvalue weighted by molar-refractivity contribution is -0.228. The summed E-state index contributed by atoms with van der Waals surface area (Å²) >= 11 is 0. The summed E-state index contributed by atoms with van der Waals surface area (Å²) in [6.45, 7) is 2.11. The van der Waals surface area contributed by atoms with Crippen LogP contribution >= 0.6 is 0 Å². The number of esters is 2. The highest BCUT2D eigenvalue weighted by Gasteiger charge is 2.62. The van der Waals surface area contributed by atoms with Crippen molar-refractivity contribution in [1.29, 1.82) is 0 Å². The molecule has 0 spiro atoms. The molecule has 8 aliphatic rings. The van der Waals surface area contributed by atoms with Gasteiger partial charge in [0.1, 0.15) is 29.0 Å². The molecule has 0 aromatic heterocycles. The fourth-order valence-corrected chi connectivity index (χ4v) is 15.5. The van der Waals surface area contributed by atoms with E-state index in [2.05, 4.69) is 23.2 Å². The van der Waals surface area contributed by atoms with Crippen LogP contribution in [0.5, 0.6) is 11.5 Å². The van der Waals surface area contributed by atoms with Crippen molar-refractivity contribution in [3.05, 3.63) is 99.1 Å². The average Bonchev–Trinajstić information content (AvgIpc) is 4.04. The number of carbonyl (C=O) groups excluding carboxylic acids is 3. The number of anilines is 1. The van der Waals surface area contributed by atoms with Crippen molar-refractivity contribution in [2.75, 3.05) is 18.5 Å². The number of Topliss-reactive ketones (excluding diaryl/α,β-unsaturated/α-hetero) is 1. The molecule has 11 rings (SSSR count). The molecule has 3 aromatic rings. The molecule has 0 radical (unpaired) electrons. The summed E-state index contributed by atoms with van der Waals surface area (Å²) in [6.07, 6.45) is 14.5. The number of rotatable bonds is 10. The number of phenols is 1. The zero-order valence-corrected chi connectivity index (χ0v) is 44.4. The number of hydrogen-bond donors (Lipinski definition) is 6. The van der Waals surface area contributed by atoms with E-state index in [-0.39, 0.29) is 97.6 Å². The molecule has 0 amide bonds. The van der Waals surface area contributed by atoms with E-state index in [4.69, 9.17) is 14.2 Å². The van der Waals surface area contributed by atoms with Crippen LogP contribution in [0.25, 0.3) is 0 Å². The summed E-state index contributed by atoms with van der Waals surface area (Å²) in [5.41, 5.74) is 2.92. The van der Waals surface area contributed by atoms with E-state index in [9.17, 15) is 35.1 Å². The van der Waals surface area contributed by atoms with Gasteiger partial charge in [-0.3, -0.25) is 9.59 Å². The number of fused-ring (bicyclic) bond motifs is 9. The zero-order chi connectivity index (χ0) is 52.7. The Morgan fingerprint density at radius 1 is 0.829 bits per heavy atom. The Hall–Kier alpha value is -5.03. The van der Waals surface area contributed by atoms with Crippen molar-refractivity contribution >= 4 is 23.4 Å². The molecule has 3 aromatic carbocycles. The lowest BCUT2D eigenvalue weighted by Gasteiger charge is -2.59. The topological polar surface area (TPSA) is 192 Å². The van der Waals surface area contributed by atoms with E-state index in [1.54, 1.807) is 13.0 Å². The third-order valence-corrected chi connectivity index (χ3v) is 19.3. The van der Waals surface area contributed by atoms with Gasteiger partial charge in [-0.05, 0) is 146 Å². The second-order valence-electron chi connectivity index (χ2n) is 24.6. The summed E-state index contributed by atoms with van der Waals surface area (Å²) in [7, 11) is 0. The number of nitrogens with one attached hydrogen (secondary N) is 1. The molecule has 10 bridgehead atoms. The van der Waals surface area contributed by atoms with Gasteiger partial charge in [0.2, 0.25) is 0 Å².